The Morgan fingerprint density at radius 1 is 1.12 bits per heavy atom. The highest BCUT2D eigenvalue weighted by Gasteiger charge is 2.18. The van der Waals surface area contributed by atoms with Crippen LogP contribution in [0.4, 0.5) is 0 Å². The molecule has 0 unspecified atom stereocenters. The van der Waals surface area contributed by atoms with Crippen LogP contribution < -0.4 is 4.74 Å². The number of aryl methyl sites for hydroxylation is 1. The molecule has 0 aliphatic carbocycles. The van der Waals surface area contributed by atoms with E-state index in [1.54, 1.807) is 7.11 Å². The van der Waals surface area contributed by atoms with Gasteiger partial charge in [-0.3, -0.25) is 4.90 Å². The highest BCUT2D eigenvalue weighted by molar-refractivity contribution is 7.99. The molecule has 0 saturated carbocycles. The number of thioether (sulfide) groups is 1. The first-order valence-corrected chi connectivity index (χ1v) is 9.87. The summed E-state index contributed by atoms with van der Waals surface area (Å²) >= 11 is 2.03. The first kappa shape index (κ1) is 16.6. The SMILES string of the molecule is COc1cc2c(-c3ccccc3)c(C)oc2cc1CN1CCSCC1. The lowest BCUT2D eigenvalue weighted by Gasteiger charge is -2.26. The molecule has 1 aliphatic heterocycles. The van der Waals surface area contributed by atoms with Crippen LogP contribution in [-0.2, 0) is 6.54 Å². The maximum absolute atomic E-state index is 6.10. The number of rotatable bonds is 4. The van der Waals surface area contributed by atoms with Gasteiger partial charge in [-0.2, -0.15) is 11.8 Å². The Balaban J connectivity index is 1.77. The fraction of sp³-hybridized carbons (Fsp3) is 0.333. The van der Waals surface area contributed by atoms with Crippen LogP contribution in [0.15, 0.2) is 46.9 Å². The lowest BCUT2D eigenvalue weighted by molar-refractivity contribution is 0.288. The molecule has 4 heteroatoms. The van der Waals surface area contributed by atoms with E-state index in [1.807, 2.05) is 24.8 Å². The van der Waals surface area contributed by atoms with Crippen LogP contribution in [-0.4, -0.2) is 36.6 Å². The van der Waals surface area contributed by atoms with E-state index in [0.29, 0.717) is 0 Å². The number of methoxy groups -OCH3 is 1. The number of furan rings is 1. The molecule has 0 atom stereocenters. The van der Waals surface area contributed by atoms with Crippen molar-refractivity contribution >= 4 is 22.7 Å². The lowest BCUT2D eigenvalue weighted by atomic mass is 10.0. The third-order valence-electron chi connectivity index (χ3n) is 4.83. The Labute approximate surface area is 153 Å². The van der Waals surface area contributed by atoms with Gasteiger partial charge in [-0.15, -0.1) is 0 Å². The quantitative estimate of drug-likeness (QED) is 0.662. The standard InChI is InChI=1S/C21H23NO2S/c1-15-21(16-6-4-3-5-7-16)18-13-19(23-2)17(12-20(18)24-15)14-22-8-10-25-11-9-22/h3-7,12-13H,8-11,14H2,1-2H3. The summed E-state index contributed by atoms with van der Waals surface area (Å²) in [6.45, 7) is 5.23. The van der Waals surface area contributed by atoms with Crippen LogP contribution >= 0.6 is 11.8 Å². The summed E-state index contributed by atoms with van der Waals surface area (Å²) in [7, 11) is 1.76. The summed E-state index contributed by atoms with van der Waals surface area (Å²) in [5.74, 6) is 4.32. The summed E-state index contributed by atoms with van der Waals surface area (Å²) in [5.41, 5.74) is 4.49. The van der Waals surface area contributed by atoms with Crippen LogP contribution in [0.5, 0.6) is 5.75 Å². The molecule has 1 aliphatic rings. The average Bonchev–Trinajstić information content (AvgIpc) is 2.97. The second-order valence-electron chi connectivity index (χ2n) is 6.45. The Hall–Kier alpha value is -1.91. The monoisotopic (exact) mass is 353 g/mol. The molecule has 25 heavy (non-hydrogen) atoms. The molecule has 1 fully saturated rings. The van der Waals surface area contributed by atoms with Crippen LogP contribution in [0, 0.1) is 6.92 Å². The van der Waals surface area contributed by atoms with Crippen molar-refractivity contribution in [2.75, 3.05) is 31.7 Å². The highest BCUT2D eigenvalue weighted by atomic mass is 32.2. The molecule has 1 aromatic heterocycles. The highest BCUT2D eigenvalue weighted by Crippen LogP contribution is 2.38. The maximum atomic E-state index is 6.10. The van der Waals surface area contributed by atoms with Gasteiger partial charge in [0.15, 0.2) is 0 Å². The Morgan fingerprint density at radius 2 is 1.88 bits per heavy atom. The molecule has 0 amide bonds. The molecular formula is C21H23NO2S. The van der Waals surface area contributed by atoms with E-state index in [0.717, 1.165) is 47.7 Å². The average molecular weight is 353 g/mol. The normalized spacial score (nSPS) is 15.6. The van der Waals surface area contributed by atoms with Gasteiger partial charge < -0.3 is 9.15 Å². The predicted octanol–water partition coefficient (Wildman–Crippen LogP) is 4.97. The van der Waals surface area contributed by atoms with Crippen molar-refractivity contribution in [3.05, 3.63) is 53.8 Å². The van der Waals surface area contributed by atoms with Gasteiger partial charge in [0.1, 0.15) is 17.1 Å². The van der Waals surface area contributed by atoms with Crippen LogP contribution in [0.2, 0.25) is 0 Å². The van der Waals surface area contributed by atoms with Crippen molar-refractivity contribution in [2.45, 2.75) is 13.5 Å². The largest absolute Gasteiger partial charge is 0.496 e. The van der Waals surface area contributed by atoms with E-state index >= 15 is 0 Å². The van der Waals surface area contributed by atoms with Crippen molar-refractivity contribution in [3.8, 4) is 16.9 Å². The first-order chi connectivity index (χ1) is 12.3. The molecule has 0 spiro atoms. The van der Waals surface area contributed by atoms with Gasteiger partial charge in [0.05, 0.1) is 7.11 Å². The molecule has 1 saturated heterocycles. The third-order valence-corrected chi connectivity index (χ3v) is 5.77. The van der Waals surface area contributed by atoms with Gasteiger partial charge >= 0.3 is 0 Å². The Bertz CT molecular complexity index is 866. The zero-order valence-electron chi connectivity index (χ0n) is 14.7. The van der Waals surface area contributed by atoms with Crippen molar-refractivity contribution in [3.63, 3.8) is 0 Å². The van der Waals surface area contributed by atoms with E-state index in [9.17, 15) is 0 Å². The molecule has 4 rings (SSSR count). The van der Waals surface area contributed by atoms with Crippen molar-refractivity contribution in [1.29, 1.82) is 0 Å². The molecule has 2 aromatic carbocycles. The molecule has 2 heterocycles. The maximum Gasteiger partial charge on any atom is 0.135 e. The second-order valence-corrected chi connectivity index (χ2v) is 7.67. The number of nitrogens with zero attached hydrogens (tertiary/aromatic N) is 1. The van der Waals surface area contributed by atoms with Crippen molar-refractivity contribution in [1.82, 2.24) is 4.90 Å². The van der Waals surface area contributed by atoms with Crippen molar-refractivity contribution in [2.24, 2.45) is 0 Å². The number of hydrogen-bond donors (Lipinski definition) is 0. The van der Waals surface area contributed by atoms with Gasteiger partial charge in [0.25, 0.3) is 0 Å². The minimum absolute atomic E-state index is 0.917. The number of ether oxygens (including phenoxy) is 1. The van der Waals surface area contributed by atoms with Crippen LogP contribution in [0.1, 0.15) is 11.3 Å². The molecule has 3 aromatic rings. The van der Waals surface area contributed by atoms with E-state index in [4.69, 9.17) is 9.15 Å². The van der Waals surface area contributed by atoms with Gasteiger partial charge in [-0.1, -0.05) is 30.3 Å². The number of benzene rings is 2. The van der Waals surface area contributed by atoms with Crippen LogP contribution in [0.25, 0.3) is 22.1 Å². The zero-order valence-corrected chi connectivity index (χ0v) is 15.6. The topological polar surface area (TPSA) is 25.6 Å². The molecule has 0 radical (unpaired) electrons. The summed E-state index contributed by atoms with van der Waals surface area (Å²) in [5, 5.41) is 1.12. The Morgan fingerprint density at radius 3 is 2.60 bits per heavy atom. The smallest absolute Gasteiger partial charge is 0.135 e. The van der Waals surface area contributed by atoms with Gasteiger partial charge in [-0.25, -0.2) is 0 Å². The number of fused-ring (bicyclic) bond motifs is 1. The summed E-state index contributed by atoms with van der Waals surface area (Å²) in [6.07, 6.45) is 0. The minimum atomic E-state index is 0.917. The van der Waals surface area contributed by atoms with Gasteiger partial charge in [0, 0.05) is 47.7 Å². The molecule has 130 valence electrons. The molecule has 0 N–H and O–H groups in total. The fourth-order valence-electron chi connectivity index (χ4n) is 3.56. The summed E-state index contributed by atoms with van der Waals surface area (Å²) in [6, 6.07) is 14.7. The summed E-state index contributed by atoms with van der Waals surface area (Å²) in [4.78, 5) is 2.49. The fourth-order valence-corrected chi connectivity index (χ4v) is 4.54. The number of hydrogen-bond acceptors (Lipinski definition) is 4. The van der Waals surface area contributed by atoms with Gasteiger partial charge in [-0.05, 0) is 24.6 Å². The second kappa shape index (κ2) is 7.14. The molecular weight excluding hydrogens is 330 g/mol. The minimum Gasteiger partial charge on any atom is -0.496 e. The summed E-state index contributed by atoms with van der Waals surface area (Å²) < 4.78 is 11.8. The first-order valence-electron chi connectivity index (χ1n) is 8.72. The van der Waals surface area contributed by atoms with Gasteiger partial charge in [0.2, 0.25) is 0 Å². The van der Waals surface area contributed by atoms with E-state index in [2.05, 4.69) is 41.3 Å². The van der Waals surface area contributed by atoms with Crippen molar-refractivity contribution < 1.29 is 9.15 Å². The lowest BCUT2D eigenvalue weighted by Crippen LogP contribution is -2.32. The van der Waals surface area contributed by atoms with Crippen LogP contribution in [0.3, 0.4) is 0 Å². The zero-order chi connectivity index (χ0) is 17.2. The van der Waals surface area contributed by atoms with E-state index in [-0.39, 0.29) is 0 Å². The molecule has 3 nitrogen and oxygen atoms in total. The third kappa shape index (κ3) is 3.29. The van der Waals surface area contributed by atoms with E-state index < -0.39 is 0 Å². The predicted molar refractivity (Wildman–Crippen MR) is 106 cm³/mol. The Kier molecular flexibility index (Phi) is 4.73. The van der Waals surface area contributed by atoms with E-state index in [1.165, 1.54) is 22.6 Å². The molecule has 0 bridgehead atoms.